The second-order valence-corrected chi connectivity index (χ2v) is 7.13. The number of hydrogen-bond donors (Lipinski definition) is 0. The lowest BCUT2D eigenvalue weighted by Crippen LogP contribution is -2.14. The van der Waals surface area contributed by atoms with Crippen LogP contribution in [0, 0.1) is 17.7 Å². The SMILES string of the molecule is COCC#Cc1cncc(S(=O)(=O)n2cccc2-c2ccccc2F)c1. The Morgan fingerprint density at radius 1 is 1.19 bits per heavy atom. The molecular weight excluding hydrogens is 355 g/mol. The number of pyridine rings is 1. The Kier molecular flexibility index (Phi) is 5.16. The van der Waals surface area contributed by atoms with Crippen LogP contribution in [-0.2, 0) is 14.8 Å². The Labute approximate surface area is 151 Å². The number of aromatic nitrogens is 2. The third-order valence-corrected chi connectivity index (χ3v) is 5.24. The van der Waals surface area contributed by atoms with Gasteiger partial charge in [-0.25, -0.2) is 16.8 Å². The van der Waals surface area contributed by atoms with Crippen molar-refractivity contribution in [2.75, 3.05) is 13.7 Å². The highest BCUT2D eigenvalue weighted by Crippen LogP contribution is 2.27. The molecule has 5 nitrogen and oxygen atoms in total. The summed E-state index contributed by atoms with van der Waals surface area (Å²) >= 11 is 0. The Morgan fingerprint density at radius 2 is 2.00 bits per heavy atom. The molecule has 0 N–H and O–H groups in total. The minimum absolute atomic E-state index is 0.0319. The highest BCUT2D eigenvalue weighted by Gasteiger charge is 2.22. The van der Waals surface area contributed by atoms with Crippen LogP contribution in [0.4, 0.5) is 4.39 Å². The normalized spacial score (nSPS) is 11.0. The smallest absolute Gasteiger partial charge is 0.269 e. The summed E-state index contributed by atoms with van der Waals surface area (Å²) in [5, 5.41) is 0. The Bertz CT molecular complexity index is 1090. The Balaban J connectivity index is 2.06. The molecule has 0 spiro atoms. The van der Waals surface area contributed by atoms with Gasteiger partial charge in [0.05, 0.1) is 5.69 Å². The Hall–Kier alpha value is -2.95. The van der Waals surface area contributed by atoms with Crippen molar-refractivity contribution in [2.24, 2.45) is 0 Å². The van der Waals surface area contributed by atoms with Crippen molar-refractivity contribution in [1.29, 1.82) is 0 Å². The van der Waals surface area contributed by atoms with Crippen LogP contribution in [0.3, 0.4) is 0 Å². The molecule has 7 heteroatoms. The van der Waals surface area contributed by atoms with Crippen LogP contribution in [0.5, 0.6) is 0 Å². The molecule has 0 aliphatic rings. The van der Waals surface area contributed by atoms with Crippen molar-refractivity contribution < 1.29 is 17.5 Å². The summed E-state index contributed by atoms with van der Waals surface area (Å²) in [5.41, 5.74) is 0.881. The van der Waals surface area contributed by atoms with Crippen LogP contribution >= 0.6 is 0 Å². The quantitative estimate of drug-likeness (QED) is 0.663. The topological polar surface area (TPSA) is 61.2 Å². The van der Waals surface area contributed by atoms with Gasteiger partial charge in [0.25, 0.3) is 10.0 Å². The fourth-order valence-electron chi connectivity index (χ4n) is 2.41. The van der Waals surface area contributed by atoms with E-state index in [0.29, 0.717) is 5.56 Å². The average Bonchev–Trinajstić information content (AvgIpc) is 3.13. The van der Waals surface area contributed by atoms with Gasteiger partial charge in [-0.05, 0) is 30.3 Å². The van der Waals surface area contributed by atoms with Gasteiger partial charge < -0.3 is 4.74 Å². The molecule has 0 aliphatic heterocycles. The van der Waals surface area contributed by atoms with Crippen LogP contribution in [0.1, 0.15) is 5.56 Å². The summed E-state index contributed by atoms with van der Waals surface area (Å²) in [6.45, 7) is 0.228. The molecular formula is C19H15FN2O3S. The molecule has 132 valence electrons. The summed E-state index contributed by atoms with van der Waals surface area (Å²) in [6.07, 6.45) is 4.08. The van der Waals surface area contributed by atoms with E-state index in [1.807, 2.05) is 0 Å². The summed E-state index contributed by atoms with van der Waals surface area (Å²) in [5.74, 6) is 5.03. The van der Waals surface area contributed by atoms with E-state index in [1.54, 1.807) is 24.3 Å². The molecule has 0 unspecified atom stereocenters. The number of methoxy groups -OCH3 is 1. The van der Waals surface area contributed by atoms with Crippen molar-refractivity contribution in [1.82, 2.24) is 8.96 Å². The van der Waals surface area contributed by atoms with Gasteiger partial charge in [0, 0.05) is 36.8 Å². The van der Waals surface area contributed by atoms with Gasteiger partial charge in [-0.15, -0.1) is 0 Å². The number of halogens is 1. The molecule has 2 aromatic heterocycles. The molecule has 0 amide bonds. The van der Waals surface area contributed by atoms with Crippen LogP contribution in [0.15, 0.2) is 66.0 Å². The summed E-state index contributed by atoms with van der Waals surface area (Å²) < 4.78 is 46.0. The van der Waals surface area contributed by atoms with Gasteiger partial charge in [0.2, 0.25) is 0 Å². The highest BCUT2D eigenvalue weighted by molar-refractivity contribution is 7.90. The molecule has 2 heterocycles. The third kappa shape index (κ3) is 3.52. The summed E-state index contributed by atoms with van der Waals surface area (Å²) in [7, 11) is -2.44. The number of ether oxygens (including phenoxy) is 1. The maximum absolute atomic E-state index is 14.1. The van der Waals surface area contributed by atoms with Gasteiger partial charge in [-0.2, -0.15) is 0 Å². The molecule has 0 fully saturated rings. The Morgan fingerprint density at radius 3 is 2.77 bits per heavy atom. The maximum atomic E-state index is 14.1. The first kappa shape index (κ1) is 17.9. The van der Waals surface area contributed by atoms with Crippen LogP contribution in [0.2, 0.25) is 0 Å². The van der Waals surface area contributed by atoms with Gasteiger partial charge in [-0.3, -0.25) is 4.98 Å². The van der Waals surface area contributed by atoms with Crippen molar-refractivity contribution in [2.45, 2.75) is 4.90 Å². The van der Waals surface area contributed by atoms with E-state index in [-0.39, 0.29) is 22.8 Å². The zero-order valence-electron chi connectivity index (χ0n) is 13.9. The van der Waals surface area contributed by atoms with Crippen LogP contribution in [0.25, 0.3) is 11.3 Å². The van der Waals surface area contributed by atoms with Crippen molar-refractivity contribution in [3.05, 3.63) is 72.4 Å². The second kappa shape index (κ2) is 7.52. The lowest BCUT2D eigenvalue weighted by molar-refractivity contribution is 0.240. The molecule has 0 aliphatic carbocycles. The van der Waals surface area contributed by atoms with Gasteiger partial charge in [0.1, 0.15) is 17.3 Å². The first-order valence-electron chi connectivity index (χ1n) is 7.65. The first-order valence-corrected chi connectivity index (χ1v) is 9.09. The lowest BCUT2D eigenvalue weighted by atomic mass is 10.1. The predicted octanol–water partition coefficient (Wildman–Crippen LogP) is 2.92. The minimum Gasteiger partial charge on any atom is -0.372 e. The fraction of sp³-hybridized carbons (Fsp3) is 0.105. The van der Waals surface area contributed by atoms with E-state index in [0.717, 1.165) is 3.97 Å². The number of hydrogen-bond acceptors (Lipinski definition) is 4. The molecule has 0 saturated carbocycles. The van der Waals surface area contributed by atoms with Gasteiger partial charge in [-0.1, -0.05) is 24.0 Å². The molecule has 0 radical (unpaired) electrons. The lowest BCUT2D eigenvalue weighted by Gasteiger charge is -2.11. The average molecular weight is 370 g/mol. The number of rotatable bonds is 4. The van der Waals surface area contributed by atoms with Gasteiger partial charge >= 0.3 is 0 Å². The highest BCUT2D eigenvalue weighted by atomic mass is 32.2. The van der Waals surface area contributed by atoms with Gasteiger partial charge in [0.15, 0.2) is 0 Å². The number of nitrogens with zero attached hydrogens (tertiary/aromatic N) is 2. The van der Waals surface area contributed by atoms with E-state index in [2.05, 4.69) is 16.8 Å². The maximum Gasteiger partial charge on any atom is 0.269 e. The largest absolute Gasteiger partial charge is 0.372 e. The minimum atomic E-state index is -3.96. The van der Waals surface area contributed by atoms with E-state index >= 15 is 0 Å². The fourth-order valence-corrected chi connectivity index (χ4v) is 3.75. The third-order valence-electron chi connectivity index (χ3n) is 3.58. The zero-order valence-corrected chi connectivity index (χ0v) is 14.7. The van der Waals surface area contributed by atoms with E-state index < -0.39 is 15.8 Å². The standard InChI is InChI=1S/C19H15FN2O3S/c1-25-11-5-6-15-12-16(14-21-13-15)26(23,24)22-10-4-9-19(22)17-7-2-3-8-18(17)20/h2-4,7-10,12-14H,11H2,1H3. The second-order valence-electron chi connectivity index (χ2n) is 5.32. The zero-order chi connectivity index (χ0) is 18.6. The molecule has 0 saturated heterocycles. The van der Waals surface area contributed by atoms with Crippen molar-refractivity contribution >= 4 is 10.0 Å². The molecule has 0 atom stereocenters. The number of benzene rings is 1. The molecule has 26 heavy (non-hydrogen) atoms. The molecule has 1 aromatic carbocycles. The van der Waals surface area contributed by atoms with E-state index in [1.165, 1.54) is 43.9 Å². The van der Waals surface area contributed by atoms with Crippen LogP contribution in [-0.4, -0.2) is 31.1 Å². The monoisotopic (exact) mass is 370 g/mol. The van der Waals surface area contributed by atoms with Crippen LogP contribution < -0.4 is 0 Å². The first-order chi connectivity index (χ1) is 12.5. The summed E-state index contributed by atoms with van der Waals surface area (Å²) in [4.78, 5) is 3.92. The van der Waals surface area contributed by atoms with E-state index in [9.17, 15) is 12.8 Å². The van der Waals surface area contributed by atoms with Crippen molar-refractivity contribution in [3.63, 3.8) is 0 Å². The van der Waals surface area contributed by atoms with E-state index in [4.69, 9.17) is 4.74 Å². The molecule has 3 aromatic rings. The molecule has 0 bridgehead atoms. The van der Waals surface area contributed by atoms with Crippen molar-refractivity contribution in [3.8, 4) is 23.1 Å². The molecule has 3 rings (SSSR count). The summed E-state index contributed by atoms with van der Waals surface area (Å²) in [6, 6.07) is 10.5. The predicted molar refractivity (Wildman–Crippen MR) is 95.4 cm³/mol.